The van der Waals surface area contributed by atoms with Crippen LogP contribution in [0.15, 0.2) is 78.9 Å². The number of nitrogens with one attached hydrogen (secondary N) is 1. The van der Waals surface area contributed by atoms with Crippen molar-refractivity contribution in [3.05, 3.63) is 95.0 Å². The van der Waals surface area contributed by atoms with Crippen molar-refractivity contribution in [3.63, 3.8) is 0 Å². The summed E-state index contributed by atoms with van der Waals surface area (Å²) in [6.45, 7) is 1.74. The number of aliphatic hydroxyl groups is 1. The Kier molecular flexibility index (Phi) is 8.28. The number of carbonyl (C=O) groups excluding carboxylic acids is 1. The van der Waals surface area contributed by atoms with Crippen LogP contribution in [0.3, 0.4) is 0 Å². The summed E-state index contributed by atoms with van der Waals surface area (Å²) in [5.74, 6) is -1.27. The predicted octanol–water partition coefficient (Wildman–Crippen LogP) is 5.53. The maximum absolute atomic E-state index is 13.1. The Morgan fingerprint density at radius 2 is 1.64 bits per heavy atom. The summed E-state index contributed by atoms with van der Waals surface area (Å²) in [5.41, 5.74) is 4.42. The molecule has 36 heavy (non-hydrogen) atoms. The SMILES string of the molecule is C[C@H](NC(=O)[C@H]1C[C@H](CO)[C@@H]1OC(=O)O)[C@H](Cc1ccc(Cl)cc1)c1ccc(-c2ccccc2)cc1. The topological polar surface area (TPSA) is 95.9 Å². The van der Waals surface area contributed by atoms with Crippen molar-refractivity contribution in [2.45, 2.75) is 37.8 Å². The first-order chi connectivity index (χ1) is 17.4. The molecule has 4 rings (SSSR count). The van der Waals surface area contributed by atoms with Gasteiger partial charge in [0.15, 0.2) is 0 Å². The van der Waals surface area contributed by atoms with Crippen LogP contribution in [0.4, 0.5) is 4.79 Å². The Morgan fingerprint density at radius 1 is 1.00 bits per heavy atom. The molecule has 1 fully saturated rings. The number of carboxylic acid groups (broad SMARTS) is 1. The van der Waals surface area contributed by atoms with Gasteiger partial charge < -0.3 is 20.3 Å². The van der Waals surface area contributed by atoms with Crippen LogP contribution in [0.2, 0.25) is 5.02 Å². The van der Waals surface area contributed by atoms with Crippen LogP contribution in [-0.2, 0) is 16.0 Å². The summed E-state index contributed by atoms with van der Waals surface area (Å²) >= 11 is 6.07. The number of ether oxygens (including phenoxy) is 1. The Hall–Kier alpha value is -3.35. The van der Waals surface area contributed by atoms with Gasteiger partial charge in [-0.2, -0.15) is 0 Å². The highest BCUT2D eigenvalue weighted by Gasteiger charge is 2.48. The summed E-state index contributed by atoms with van der Waals surface area (Å²) in [6, 6.07) is 25.9. The van der Waals surface area contributed by atoms with Crippen molar-refractivity contribution >= 4 is 23.7 Å². The van der Waals surface area contributed by atoms with Gasteiger partial charge in [0.05, 0.1) is 5.92 Å². The Labute approximate surface area is 215 Å². The third-order valence-corrected chi connectivity index (χ3v) is 7.27. The largest absolute Gasteiger partial charge is 0.506 e. The smallest absolute Gasteiger partial charge is 0.450 e. The van der Waals surface area contributed by atoms with Gasteiger partial charge in [0.25, 0.3) is 0 Å². The van der Waals surface area contributed by atoms with Crippen LogP contribution in [0.5, 0.6) is 0 Å². The quantitative estimate of drug-likeness (QED) is 0.331. The molecule has 1 saturated carbocycles. The molecule has 0 saturated heterocycles. The zero-order valence-corrected chi connectivity index (χ0v) is 20.8. The third kappa shape index (κ3) is 6.07. The first-order valence-electron chi connectivity index (χ1n) is 12.1. The fourth-order valence-electron chi connectivity index (χ4n) is 4.90. The van der Waals surface area contributed by atoms with Crippen LogP contribution < -0.4 is 5.32 Å². The molecule has 3 N–H and O–H groups in total. The van der Waals surface area contributed by atoms with Crippen molar-refractivity contribution in [1.82, 2.24) is 5.32 Å². The number of halogens is 1. The molecule has 1 aliphatic carbocycles. The van der Waals surface area contributed by atoms with Crippen LogP contribution in [-0.4, -0.2) is 41.0 Å². The maximum Gasteiger partial charge on any atom is 0.506 e. The second-order valence-electron chi connectivity index (χ2n) is 9.36. The van der Waals surface area contributed by atoms with E-state index in [4.69, 9.17) is 21.4 Å². The predicted molar refractivity (Wildman–Crippen MR) is 139 cm³/mol. The van der Waals surface area contributed by atoms with E-state index in [1.54, 1.807) is 0 Å². The molecule has 0 heterocycles. The van der Waals surface area contributed by atoms with Gasteiger partial charge in [-0.15, -0.1) is 0 Å². The molecule has 3 aromatic rings. The number of rotatable bonds is 9. The normalized spacial score (nSPS) is 20.6. The van der Waals surface area contributed by atoms with Crippen LogP contribution in [0.1, 0.15) is 30.4 Å². The minimum Gasteiger partial charge on any atom is -0.450 e. The Bertz CT molecular complexity index is 1170. The van der Waals surface area contributed by atoms with E-state index < -0.39 is 18.2 Å². The molecule has 0 aliphatic heterocycles. The van der Waals surface area contributed by atoms with E-state index in [9.17, 15) is 14.7 Å². The van der Waals surface area contributed by atoms with Crippen molar-refractivity contribution in [2.24, 2.45) is 11.8 Å². The number of carbonyl (C=O) groups is 2. The molecule has 188 valence electrons. The average molecular weight is 508 g/mol. The number of benzene rings is 3. The fourth-order valence-corrected chi connectivity index (χ4v) is 5.03. The van der Waals surface area contributed by atoms with Crippen molar-refractivity contribution in [1.29, 1.82) is 0 Å². The van der Waals surface area contributed by atoms with E-state index in [1.165, 1.54) is 0 Å². The number of hydrogen-bond donors (Lipinski definition) is 3. The summed E-state index contributed by atoms with van der Waals surface area (Å²) in [7, 11) is 0. The van der Waals surface area contributed by atoms with Gasteiger partial charge in [0.1, 0.15) is 6.10 Å². The Balaban J connectivity index is 1.53. The molecule has 0 spiro atoms. The highest BCUT2D eigenvalue weighted by molar-refractivity contribution is 6.30. The number of amides is 1. The molecule has 7 heteroatoms. The molecule has 5 atom stereocenters. The molecule has 3 aromatic carbocycles. The van der Waals surface area contributed by atoms with Gasteiger partial charge in [0, 0.05) is 29.5 Å². The lowest BCUT2D eigenvalue weighted by Crippen LogP contribution is -2.55. The number of aliphatic hydroxyl groups excluding tert-OH is 1. The van der Waals surface area contributed by atoms with Crippen molar-refractivity contribution in [3.8, 4) is 11.1 Å². The standard InChI is InChI=1S/C29H30ClNO5/c1-18(31-28(33)26-16-23(17-32)27(26)36-29(34)35)25(15-19-7-13-24(30)14-8-19)22-11-9-21(10-12-22)20-5-3-2-4-6-20/h2-14,18,23,25-27,32H,15-17H2,1H3,(H,31,33)(H,34,35)/t18-,23+,25-,26-,27-/m0/s1. The molecule has 0 aromatic heterocycles. The van der Waals surface area contributed by atoms with E-state index in [-0.39, 0.29) is 30.4 Å². The number of hydrogen-bond acceptors (Lipinski definition) is 4. The molecule has 0 bridgehead atoms. The average Bonchev–Trinajstić information content (AvgIpc) is 2.87. The molecular weight excluding hydrogens is 478 g/mol. The first kappa shape index (κ1) is 25.7. The lowest BCUT2D eigenvalue weighted by atomic mass is 9.71. The molecule has 0 radical (unpaired) electrons. The molecule has 6 nitrogen and oxygen atoms in total. The van der Waals surface area contributed by atoms with E-state index in [1.807, 2.05) is 49.4 Å². The molecular formula is C29H30ClNO5. The lowest BCUT2D eigenvalue weighted by molar-refractivity contribution is -0.145. The van der Waals surface area contributed by atoms with Crippen molar-refractivity contribution in [2.75, 3.05) is 6.61 Å². The van der Waals surface area contributed by atoms with Gasteiger partial charge >= 0.3 is 6.16 Å². The summed E-state index contributed by atoms with van der Waals surface area (Å²) < 4.78 is 4.90. The first-order valence-corrected chi connectivity index (χ1v) is 12.4. The van der Waals surface area contributed by atoms with E-state index in [0.29, 0.717) is 17.9 Å². The van der Waals surface area contributed by atoms with E-state index in [0.717, 1.165) is 22.3 Å². The van der Waals surface area contributed by atoms with Gasteiger partial charge in [-0.1, -0.05) is 78.3 Å². The lowest BCUT2D eigenvalue weighted by Gasteiger charge is -2.41. The summed E-state index contributed by atoms with van der Waals surface area (Å²) in [5, 5.41) is 22.2. The second-order valence-corrected chi connectivity index (χ2v) is 9.79. The molecule has 1 aliphatic rings. The van der Waals surface area contributed by atoms with E-state index >= 15 is 0 Å². The van der Waals surface area contributed by atoms with Crippen LogP contribution in [0.25, 0.3) is 11.1 Å². The zero-order valence-electron chi connectivity index (χ0n) is 20.0. The van der Waals surface area contributed by atoms with E-state index in [2.05, 4.69) is 41.7 Å². The van der Waals surface area contributed by atoms with Gasteiger partial charge in [0.2, 0.25) is 5.91 Å². The second kappa shape index (κ2) is 11.6. The molecule has 0 unspecified atom stereocenters. The van der Waals surface area contributed by atoms with Crippen LogP contribution >= 0.6 is 11.6 Å². The fraction of sp³-hybridized carbons (Fsp3) is 0.310. The van der Waals surface area contributed by atoms with Crippen LogP contribution in [0, 0.1) is 11.8 Å². The zero-order chi connectivity index (χ0) is 25.7. The van der Waals surface area contributed by atoms with Gasteiger partial charge in [-0.05, 0) is 54.2 Å². The van der Waals surface area contributed by atoms with Gasteiger partial charge in [-0.3, -0.25) is 4.79 Å². The third-order valence-electron chi connectivity index (χ3n) is 7.01. The van der Waals surface area contributed by atoms with Gasteiger partial charge in [-0.25, -0.2) is 4.79 Å². The van der Waals surface area contributed by atoms with Crippen molar-refractivity contribution < 1.29 is 24.5 Å². The molecule has 1 amide bonds. The highest BCUT2D eigenvalue weighted by atomic mass is 35.5. The monoisotopic (exact) mass is 507 g/mol. The minimum absolute atomic E-state index is 0.0347. The minimum atomic E-state index is -1.44. The summed E-state index contributed by atoms with van der Waals surface area (Å²) in [6.07, 6.45) is -1.20. The Morgan fingerprint density at radius 3 is 2.25 bits per heavy atom. The highest BCUT2D eigenvalue weighted by Crippen LogP contribution is 2.37. The maximum atomic E-state index is 13.1. The summed E-state index contributed by atoms with van der Waals surface area (Å²) in [4.78, 5) is 24.1.